The fraction of sp³-hybridized carbons (Fsp3) is 0.867. The molecule has 1 atom stereocenters. The molecule has 6 heteroatoms. The fourth-order valence-electron chi connectivity index (χ4n) is 2.10. The summed E-state index contributed by atoms with van der Waals surface area (Å²) in [6.45, 7) is 9.24. The molecule has 1 saturated heterocycles. The summed E-state index contributed by atoms with van der Waals surface area (Å²) in [4.78, 5) is 24.2. The third kappa shape index (κ3) is 7.07. The molecule has 0 bridgehead atoms. The van der Waals surface area contributed by atoms with E-state index in [0.29, 0.717) is 0 Å². The van der Waals surface area contributed by atoms with E-state index in [4.69, 9.17) is 4.74 Å². The number of ether oxygens (including phenoxy) is 1. The summed E-state index contributed by atoms with van der Waals surface area (Å²) in [6, 6.07) is -0.338. The minimum atomic E-state index is -0.567. The number of hydrogen-bond acceptors (Lipinski definition) is 4. The predicted octanol–water partition coefficient (Wildman–Crippen LogP) is 2.55. The highest BCUT2D eigenvalue weighted by molar-refractivity contribution is 7.99. The summed E-state index contributed by atoms with van der Waals surface area (Å²) in [5.74, 6) is 2.05. The highest BCUT2D eigenvalue weighted by atomic mass is 32.2. The lowest BCUT2D eigenvalue weighted by molar-refractivity contribution is -0.125. The van der Waals surface area contributed by atoms with E-state index in [-0.39, 0.29) is 17.9 Å². The van der Waals surface area contributed by atoms with Crippen molar-refractivity contribution in [2.45, 2.75) is 65.1 Å². The quantitative estimate of drug-likeness (QED) is 0.836. The second-order valence-electron chi connectivity index (χ2n) is 6.76. The highest BCUT2D eigenvalue weighted by Gasteiger charge is 2.28. The van der Waals surface area contributed by atoms with Gasteiger partial charge in [-0.2, -0.15) is 11.8 Å². The van der Waals surface area contributed by atoms with Gasteiger partial charge in [0.2, 0.25) is 5.91 Å². The molecule has 122 valence electrons. The molecule has 1 aliphatic heterocycles. The zero-order valence-electron chi connectivity index (χ0n) is 13.7. The van der Waals surface area contributed by atoms with Crippen molar-refractivity contribution < 1.29 is 14.3 Å². The van der Waals surface area contributed by atoms with E-state index in [0.717, 1.165) is 24.3 Å². The lowest BCUT2D eigenvalue weighted by atomic mass is 10.0. The fourth-order valence-corrected chi connectivity index (χ4v) is 3.21. The van der Waals surface area contributed by atoms with Crippen LogP contribution in [0.5, 0.6) is 0 Å². The third-order valence-electron chi connectivity index (χ3n) is 3.19. The summed E-state index contributed by atoms with van der Waals surface area (Å²) in [7, 11) is 0. The standard InChI is InChI=1S/C15H28N2O3S/c1-10(2)12(17-14(19)20-15(3,4)5)13(18)16-11-6-8-21-9-7-11/h10-12H,6-9H2,1-5H3,(H,16,18)(H,17,19). The molecule has 1 aliphatic rings. The predicted molar refractivity (Wildman–Crippen MR) is 86.5 cm³/mol. The molecule has 21 heavy (non-hydrogen) atoms. The summed E-state index contributed by atoms with van der Waals surface area (Å²) in [5.41, 5.74) is -0.567. The Morgan fingerprint density at radius 2 is 1.76 bits per heavy atom. The molecule has 1 fully saturated rings. The Labute approximate surface area is 132 Å². The zero-order valence-corrected chi connectivity index (χ0v) is 14.5. The van der Waals surface area contributed by atoms with Gasteiger partial charge >= 0.3 is 6.09 Å². The molecule has 0 radical (unpaired) electrons. The summed E-state index contributed by atoms with van der Waals surface area (Å²) in [5, 5.41) is 5.73. The van der Waals surface area contributed by atoms with E-state index in [1.54, 1.807) is 20.8 Å². The van der Waals surface area contributed by atoms with Crippen LogP contribution in [-0.4, -0.2) is 41.2 Å². The van der Waals surface area contributed by atoms with E-state index in [9.17, 15) is 9.59 Å². The van der Waals surface area contributed by atoms with Crippen LogP contribution in [-0.2, 0) is 9.53 Å². The Hall–Kier alpha value is -0.910. The van der Waals surface area contributed by atoms with Gasteiger partial charge in [0, 0.05) is 6.04 Å². The van der Waals surface area contributed by atoms with Crippen molar-refractivity contribution in [1.82, 2.24) is 10.6 Å². The van der Waals surface area contributed by atoms with Gasteiger partial charge in [-0.25, -0.2) is 4.79 Å². The number of nitrogens with one attached hydrogen (secondary N) is 2. The van der Waals surface area contributed by atoms with Gasteiger partial charge in [-0.1, -0.05) is 13.8 Å². The molecule has 1 unspecified atom stereocenters. The van der Waals surface area contributed by atoms with Crippen LogP contribution in [0.15, 0.2) is 0 Å². The minimum absolute atomic E-state index is 0.00971. The Morgan fingerprint density at radius 3 is 2.24 bits per heavy atom. The largest absolute Gasteiger partial charge is 0.444 e. The average Bonchev–Trinajstić information content (AvgIpc) is 2.34. The van der Waals surface area contributed by atoms with Gasteiger partial charge in [0.1, 0.15) is 11.6 Å². The molecule has 5 nitrogen and oxygen atoms in total. The van der Waals surface area contributed by atoms with Gasteiger partial charge in [0.25, 0.3) is 0 Å². The highest BCUT2D eigenvalue weighted by Crippen LogP contribution is 2.17. The van der Waals surface area contributed by atoms with Crippen LogP contribution < -0.4 is 10.6 Å². The Morgan fingerprint density at radius 1 is 1.19 bits per heavy atom. The topological polar surface area (TPSA) is 67.4 Å². The number of carbonyl (C=O) groups is 2. The number of amides is 2. The van der Waals surface area contributed by atoms with Crippen LogP contribution >= 0.6 is 11.8 Å². The van der Waals surface area contributed by atoms with Crippen molar-refractivity contribution in [1.29, 1.82) is 0 Å². The molecule has 1 heterocycles. The van der Waals surface area contributed by atoms with Crippen LogP contribution in [0.2, 0.25) is 0 Å². The maximum absolute atomic E-state index is 12.4. The van der Waals surface area contributed by atoms with Crippen molar-refractivity contribution in [3.05, 3.63) is 0 Å². The molecule has 0 aromatic carbocycles. The maximum Gasteiger partial charge on any atom is 0.408 e. The van der Waals surface area contributed by atoms with Crippen LogP contribution in [0.4, 0.5) is 4.79 Å². The van der Waals surface area contributed by atoms with E-state index in [1.165, 1.54) is 0 Å². The van der Waals surface area contributed by atoms with Gasteiger partial charge in [-0.15, -0.1) is 0 Å². The summed E-state index contributed by atoms with van der Waals surface area (Å²) >= 11 is 1.92. The Kier molecular flexibility index (Phi) is 6.84. The van der Waals surface area contributed by atoms with E-state index in [2.05, 4.69) is 10.6 Å². The normalized spacial score (nSPS) is 18.2. The maximum atomic E-state index is 12.4. The SMILES string of the molecule is CC(C)C(NC(=O)OC(C)(C)C)C(=O)NC1CCSCC1. The molecule has 0 aliphatic carbocycles. The van der Waals surface area contributed by atoms with Gasteiger partial charge < -0.3 is 15.4 Å². The van der Waals surface area contributed by atoms with Gasteiger partial charge in [0.05, 0.1) is 0 Å². The number of rotatable bonds is 4. The lowest BCUT2D eigenvalue weighted by Gasteiger charge is -2.28. The number of carbonyl (C=O) groups excluding carboxylic acids is 2. The second-order valence-corrected chi connectivity index (χ2v) is 7.99. The number of hydrogen-bond donors (Lipinski definition) is 2. The third-order valence-corrected chi connectivity index (χ3v) is 4.24. The first-order chi connectivity index (χ1) is 9.69. The first-order valence-corrected chi connectivity index (χ1v) is 8.72. The molecule has 0 aromatic rings. The zero-order chi connectivity index (χ0) is 16.0. The molecule has 0 saturated carbocycles. The van der Waals surface area contributed by atoms with Gasteiger partial charge in [-0.05, 0) is 51.0 Å². The lowest BCUT2D eigenvalue weighted by Crippen LogP contribution is -2.53. The molecule has 0 aromatic heterocycles. The van der Waals surface area contributed by atoms with Crippen molar-refractivity contribution in [3.8, 4) is 0 Å². The van der Waals surface area contributed by atoms with E-state index >= 15 is 0 Å². The first-order valence-electron chi connectivity index (χ1n) is 7.56. The van der Waals surface area contributed by atoms with Crippen molar-refractivity contribution in [3.63, 3.8) is 0 Å². The molecule has 1 rings (SSSR count). The van der Waals surface area contributed by atoms with E-state index < -0.39 is 17.7 Å². The minimum Gasteiger partial charge on any atom is -0.444 e. The first kappa shape index (κ1) is 18.1. The molecule has 0 spiro atoms. The van der Waals surface area contributed by atoms with Crippen molar-refractivity contribution in [2.24, 2.45) is 5.92 Å². The second kappa shape index (κ2) is 7.92. The van der Waals surface area contributed by atoms with Crippen molar-refractivity contribution in [2.75, 3.05) is 11.5 Å². The van der Waals surface area contributed by atoms with E-state index in [1.807, 2.05) is 25.6 Å². The van der Waals surface area contributed by atoms with Crippen LogP contribution in [0.25, 0.3) is 0 Å². The van der Waals surface area contributed by atoms with Gasteiger partial charge in [0.15, 0.2) is 0 Å². The average molecular weight is 316 g/mol. The summed E-state index contributed by atoms with van der Waals surface area (Å²) in [6.07, 6.45) is 1.44. The van der Waals surface area contributed by atoms with Crippen LogP contribution in [0.1, 0.15) is 47.5 Å². The van der Waals surface area contributed by atoms with Gasteiger partial charge in [-0.3, -0.25) is 4.79 Å². The Balaban J connectivity index is 2.55. The molecular formula is C15H28N2O3S. The van der Waals surface area contributed by atoms with Crippen LogP contribution in [0, 0.1) is 5.92 Å². The monoisotopic (exact) mass is 316 g/mol. The van der Waals surface area contributed by atoms with Crippen LogP contribution in [0.3, 0.4) is 0 Å². The number of thioether (sulfide) groups is 1. The smallest absolute Gasteiger partial charge is 0.408 e. The number of alkyl carbamates (subject to hydrolysis) is 1. The molecular weight excluding hydrogens is 288 g/mol. The molecule has 2 amide bonds. The van der Waals surface area contributed by atoms with Crippen molar-refractivity contribution >= 4 is 23.8 Å². The Bertz CT molecular complexity index is 360. The molecule has 2 N–H and O–H groups in total. The summed E-state index contributed by atoms with van der Waals surface area (Å²) < 4.78 is 5.23.